The number of aromatic carboxylic acids is 1. The zero-order chi connectivity index (χ0) is 15.2. The number of rotatable bonds is 6. The molecule has 0 aliphatic carbocycles. The molecule has 2 aromatic rings. The van der Waals surface area contributed by atoms with Gasteiger partial charge in [0, 0.05) is 13.1 Å². The van der Waals surface area contributed by atoms with Gasteiger partial charge in [-0.25, -0.2) is 4.79 Å². The minimum atomic E-state index is -0.958. The van der Waals surface area contributed by atoms with Crippen molar-refractivity contribution in [2.75, 3.05) is 23.7 Å². The number of hydrogen-bond acceptors (Lipinski definition) is 3. The number of hydrogen-bond donors (Lipinski definition) is 2. The van der Waals surface area contributed by atoms with Crippen molar-refractivity contribution in [3.8, 4) is 0 Å². The monoisotopic (exact) mass is 284 g/mol. The van der Waals surface area contributed by atoms with E-state index in [-0.39, 0.29) is 5.56 Å². The molecule has 0 fully saturated rings. The van der Waals surface area contributed by atoms with Gasteiger partial charge in [-0.2, -0.15) is 0 Å². The largest absolute Gasteiger partial charge is 0.478 e. The topological polar surface area (TPSA) is 66.6 Å². The van der Waals surface area contributed by atoms with Crippen LogP contribution in [0, 0.1) is 0 Å². The van der Waals surface area contributed by atoms with Crippen LogP contribution in [0.1, 0.15) is 22.8 Å². The number of carboxylic acid groups (broad SMARTS) is 1. The standard InChI is InChI=1S/C17H20N2O2/c1-2-19(11-10-13-6-4-3-5-7-13)16-9-8-14(17(20)21)12-15(16)18/h3-9,12H,2,10-11,18H2,1H3,(H,20,21). The van der Waals surface area contributed by atoms with Crippen molar-refractivity contribution in [1.82, 2.24) is 0 Å². The fraction of sp³-hybridized carbons (Fsp3) is 0.235. The minimum absolute atomic E-state index is 0.218. The zero-order valence-corrected chi connectivity index (χ0v) is 12.1. The summed E-state index contributed by atoms with van der Waals surface area (Å²) in [6, 6.07) is 15.2. The van der Waals surface area contributed by atoms with Crippen LogP contribution in [-0.4, -0.2) is 24.2 Å². The highest BCUT2D eigenvalue weighted by Gasteiger charge is 2.11. The Morgan fingerprint density at radius 2 is 1.90 bits per heavy atom. The van der Waals surface area contributed by atoms with Gasteiger partial charge in [-0.15, -0.1) is 0 Å². The Morgan fingerprint density at radius 3 is 2.48 bits per heavy atom. The molecule has 2 rings (SSSR count). The van der Waals surface area contributed by atoms with Gasteiger partial charge in [0.2, 0.25) is 0 Å². The fourth-order valence-corrected chi connectivity index (χ4v) is 2.33. The molecule has 0 aliphatic rings. The lowest BCUT2D eigenvalue weighted by atomic mass is 10.1. The molecule has 2 aromatic carbocycles. The molecule has 0 radical (unpaired) electrons. The van der Waals surface area contributed by atoms with Crippen LogP contribution in [0.5, 0.6) is 0 Å². The van der Waals surface area contributed by atoms with E-state index in [9.17, 15) is 4.79 Å². The molecule has 110 valence electrons. The number of nitrogen functional groups attached to an aromatic ring is 1. The second-order valence-corrected chi connectivity index (χ2v) is 4.89. The zero-order valence-electron chi connectivity index (χ0n) is 12.1. The highest BCUT2D eigenvalue weighted by Crippen LogP contribution is 2.24. The summed E-state index contributed by atoms with van der Waals surface area (Å²) < 4.78 is 0. The molecule has 0 saturated heterocycles. The number of carbonyl (C=O) groups is 1. The Morgan fingerprint density at radius 1 is 1.19 bits per heavy atom. The smallest absolute Gasteiger partial charge is 0.335 e. The Labute approximate surface area is 124 Å². The summed E-state index contributed by atoms with van der Waals surface area (Å²) in [4.78, 5) is 13.1. The maximum atomic E-state index is 10.9. The molecular weight excluding hydrogens is 264 g/mol. The van der Waals surface area contributed by atoms with E-state index in [2.05, 4.69) is 24.0 Å². The van der Waals surface area contributed by atoms with Crippen LogP contribution in [0.2, 0.25) is 0 Å². The number of benzene rings is 2. The number of anilines is 2. The first-order valence-corrected chi connectivity index (χ1v) is 7.03. The first-order chi connectivity index (χ1) is 10.1. The molecule has 0 saturated carbocycles. The molecule has 4 nitrogen and oxygen atoms in total. The summed E-state index contributed by atoms with van der Waals surface area (Å²) in [6.07, 6.45) is 0.925. The second kappa shape index (κ2) is 6.79. The van der Waals surface area contributed by atoms with Gasteiger partial charge in [-0.1, -0.05) is 30.3 Å². The van der Waals surface area contributed by atoms with Crippen LogP contribution in [-0.2, 0) is 6.42 Å². The summed E-state index contributed by atoms with van der Waals surface area (Å²) in [5.74, 6) is -0.958. The SMILES string of the molecule is CCN(CCc1ccccc1)c1ccc(C(=O)O)cc1N. The van der Waals surface area contributed by atoms with Crippen LogP contribution < -0.4 is 10.6 Å². The molecule has 21 heavy (non-hydrogen) atoms. The fourth-order valence-electron chi connectivity index (χ4n) is 2.33. The van der Waals surface area contributed by atoms with E-state index < -0.39 is 5.97 Å². The van der Waals surface area contributed by atoms with E-state index in [1.807, 2.05) is 18.2 Å². The summed E-state index contributed by atoms with van der Waals surface area (Å²) in [6.45, 7) is 3.73. The lowest BCUT2D eigenvalue weighted by Gasteiger charge is -2.25. The Bertz CT molecular complexity index is 611. The van der Waals surface area contributed by atoms with Crippen molar-refractivity contribution in [3.05, 3.63) is 59.7 Å². The van der Waals surface area contributed by atoms with E-state index in [4.69, 9.17) is 10.8 Å². The van der Waals surface area contributed by atoms with Crippen molar-refractivity contribution in [2.24, 2.45) is 0 Å². The van der Waals surface area contributed by atoms with Crippen LogP contribution in [0.3, 0.4) is 0 Å². The Balaban J connectivity index is 2.12. The number of likely N-dealkylation sites (N-methyl/N-ethyl adjacent to an activating group) is 1. The Hall–Kier alpha value is -2.49. The third kappa shape index (κ3) is 3.75. The molecule has 0 amide bonds. The highest BCUT2D eigenvalue weighted by atomic mass is 16.4. The van der Waals surface area contributed by atoms with Gasteiger partial charge >= 0.3 is 5.97 Å². The first kappa shape index (κ1) is 14.9. The lowest BCUT2D eigenvalue weighted by molar-refractivity contribution is 0.0697. The normalized spacial score (nSPS) is 10.3. The number of nitrogens with two attached hydrogens (primary N) is 1. The molecule has 0 bridgehead atoms. The molecule has 4 heteroatoms. The van der Waals surface area contributed by atoms with Crippen molar-refractivity contribution < 1.29 is 9.90 Å². The lowest BCUT2D eigenvalue weighted by Crippen LogP contribution is -2.26. The maximum absolute atomic E-state index is 10.9. The third-order valence-electron chi connectivity index (χ3n) is 3.51. The van der Waals surface area contributed by atoms with Gasteiger partial charge in [0.05, 0.1) is 16.9 Å². The summed E-state index contributed by atoms with van der Waals surface area (Å²) in [7, 11) is 0. The van der Waals surface area contributed by atoms with E-state index >= 15 is 0 Å². The molecule has 0 spiro atoms. The average Bonchev–Trinajstić information content (AvgIpc) is 2.50. The summed E-state index contributed by atoms with van der Waals surface area (Å²) in [5, 5.41) is 8.98. The predicted molar refractivity (Wildman–Crippen MR) is 85.8 cm³/mol. The van der Waals surface area contributed by atoms with Gasteiger partial charge < -0.3 is 15.7 Å². The number of carboxylic acids is 1. The quantitative estimate of drug-likeness (QED) is 0.800. The van der Waals surface area contributed by atoms with Crippen LogP contribution in [0.25, 0.3) is 0 Å². The van der Waals surface area contributed by atoms with Gasteiger partial charge in [-0.05, 0) is 37.1 Å². The first-order valence-electron chi connectivity index (χ1n) is 7.03. The molecule has 0 aromatic heterocycles. The summed E-state index contributed by atoms with van der Waals surface area (Å²) >= 11 is 0. The van der Waals surface area contributed by atoms with Crippen LogP contribution in [0.15, 0.2) is 48.5 Å². The molecule has 0 aliphatic heterocycles. The highest BCUT2D eigenvalue weighted by molar-refractivity contribution is 5.90. The summed E-state index contributed by atoms with van der Waals surface area (Å²) in [5.41, 5.74) is 8.88. The van der Waals surface area contributed by atoms with Crippen molar-refractivity contribution in [2.45, 2.75) is 13.3 Å². The van der Waals surface area contributed by atoms with Crippen molar-refractivity contribution in [3.63, 3.8) is 0 Å². The van der Waals surface area contributed by atoms with E-state index in [0.717, 1.165) is 25.2 Å². The average molecular weight is 284 g/mol. The predicted octanol–water partition coefficient (Wildman–Crippen LogP) is 3.04. The van der Waals surface area contributed by atoms with Crippen LogP contribution in [0.4, 0.5) is 11.4 Å². The van der Waals surface area contributed by atoms with E-state index in [1.165, 1.54) is 11.6 Å². The molecule has 0 unspecified atom stereocenters. The molecule has 3 N–H and O–H groups in total. The number of nitrogens with zero attached hydrogens (tertiary/aromatic N) is 1. The maximum Gasteiger partial charge on any atom is 0.335 e. The van der Waals surface area contributed by atoms with Gasteiger partial charge in [-0.3, -0.25) is 0 Å². The Kier molecular flexibility index (Phi) is 4.82. The molecule has 0 atom stereocenters. The van der Waals surface area contributed by atoms with Crippen molar-refractivity contribution in [1.29, 1.82) is 0 Å². The molecule has 0 heterocycles. The van der Waals surface area contributed by atoms with Gasteiger partial charge in [0.1, 0.15) is 0 Å². The van der Waals surface area contributed by atoms with Crippen molar-refractivity contribution >= 4 is 17.3 Å². The molecular formula is C17H20N2O2. The van der Waals surface area contributed by atoms with E-state index in [1.54, 1.807) is 12.1 Å². The van der Waals surface area contributed by atoms with Crippen LogP contribution >= 0.6 is 0 Å². The van der Waals surface area contributed by atoms with E-state index in [0.29, 0.717) is 5.69 Å². The minimum Gasteiger partial charge on any atom is -0.478 e. The van der Waals surface area contributed by atoms with Gasteiger partial charge in [0.15, 0.2) is 0 Å². The van der Waals surface area contributed by atoms with Gasteiger partial charge in [0.25, 0.3) is 0 Å². The third-order valence-corrected chi connectivity index (χ3v) is 3.51. The second-order valence-electron chi connectivity index (χ2n) is 4.89.